The second-order valence-electron chi connectivity index (χ2n) is 11.5. The van der Waals surface area contributed by atoms with E-state index in [0.29, 0.717) is 30.3 Å². The number of methoxy groups -OCH3 is 1. The van der Waals surface area contributed by atoms with Gasteiger partial charge in [-0.3, -0.25) is 4.68 Å². The lowest BCUT2D eigenvalue weighted by atomic mass is 9.85. The van der Waals surface area contributed by atoms with Crippen LogP contribution in [0.25, 0.3) is 16.6 Å². The molecule has 214 valence electrons. The molecule has 12 heteroatoms. The minimum Gasteiger partial charge on any atom is -0.420 e. The van der Waals surface area contributed by atoms with Crippen LogP contribution in [0.1, 0.15) is 88.8 Å². The zero-order valence-electron chi connectivity index (χ0n) is 23.6. The van der Waals surface area contributed by atoms with E-state index in [1.165, 1.54) is 0 Å². The number of nitrogens with one attached hydrogen (secondary N) is 1. The van der Waals surface area contributed by atoms with Crippen LogP contribution in [-0.4, -0.2) is 72.2 Å². The Balaban J connectivity index is 1.34. The number of rotatable bonds is 9. The van der Waals surface area contributed by atoms with Gasteiger partial charge >= 0.3 is 0 Å². The van der Waals surface area contributed by atoms with Gasteiger partial charge in [0.25, 0.3) is 0 Å². The number of aliphatic hydroxyl groups is 1. The third-order valence-electron chi connectivity index (χ3n) is 8.09. The average Bonchev–Trinajstić information content (AvgIpc) is 3.75. The summed E-state index contributed by atoms with van der Waals surface area (Å²) >= 11 is 0. The first-order valence-electron chi connectivity index (χ1n) is 14.2. The van der Waals surface area contributed by atoms with Crippen molar-refractivity contribution in [3.63, 3.8) is 0 Å². The van der Waals surface area contributed by atoms with E-state index in [-0.39, 0.29) is 18.2 Å². The second-order valence-corrected chi connectivity index (χ2v) is 11.5. The lowest BCUT2D eigenvalue weighted by molar-refractivity contribution is 0.0861. The SMILES string of the molecule is COC[C@H](C)Nc1ncc2c(-c3cnn(C(C)(C)c4nnc([C@H]5CCCO5)o4)c3)cc(C3CCC(O)CC3)n2n1. The standard InChI is InChI=1S/C28H38N8O4/c1-17(16-38-4)31-27-29-14-23-21(12-22(36(23)34-27)18-7-9-20(37)10-8-18)19-13-30-35(15-19)28(2,3)26-33-32-25(40-26)24-6-5-11-39-24/h12-15,17-18,20,24,37H,5-11,16H2,1-4H3,(H,31,34)/t17-,18?,20?,24+/m0/s1. The van der Waals surface area contributed by atoms with Crippen molar-refractivity contribution in [2.24, 2.45) is 0 Å². The highest BCUT2D eigenvalue weighted by atomic mass is 16.5. The molecule has 40 heavy (non-hydrogen) atoms. The summed E-state index contributed by atoms with van der Waals surface area (Å²) in [6, 6.07) is 2.27. The summed E-state index contributed by atoms with van der Waals surface area (Å²) in [4.78, 5) is 4.62. The monoisotopic (exact) mass is 550 g/mol. The lowest BCUT2D eigenvalue weighted by Crippen LogP contribution is -2.28. The van der Waals surface area contributed by atoms with Crippen molar-refractivity contribution in [1.29, 1.82) is 0 Å². The van der Waals surface area contributed by atoms with Gasteiger partial charge < -0.3 is 24.3 Å². The Kier molecular flexibility index (Phi) is 7.32. The van der Waals surface area contributed by atoms with E-state index in [1.54, 1.807) is 7.11 Å². The Morgan fingerprint density at radius 3 is 2.75 bits per heavy atom. The molecule has 5 heterocycles. The number of fused-ring (bicyclic) bond motifs is 1. The first-order chi connectivity index (χ1) is 19.3. The Bertz CT molecular complexity index is 1450. The topological polar surface area (TPSA) is 138 Å². The molecule has 12 nitrogen and oxygen atoms in total. The minimum atomic E-state index is -0.662. The number of anilines is 1. The number of aromatic nitrogens is 7. The van der Waals surface area contributed by atoms with Crippen molar-refractivity contribution >= 4 is 11.5 Å². The van der Waals surface area contributed by atoms with Gasteiger partial charge in [-0.05, 0) is 65.4 Å². The number of nitrogens with zero attached hydrogens (tertiary/aromatic N) is 7. The summed E-state index contributed by atoms with van der Waals surface area (Å²) in [5.41, 5.74) is 3.31. The van der Waals surface area contributed by atoms with Crippen LogP contribution < -0.4 is 5.32 Å². The van der Waals surface area contributed by atoms with E-state index >= 15 is 0 Å². The van der Waals surface area contributed by atoms with Crippen LogP contribution in [0.3, 0.4) is 0 Å². The van der Waals surface area contributed by atoms with Crippen LogP contribution in [-0.2, 0) is 15.0 Å². The van der Waals surface area contributed by atoms with Crippen molar-refractivity contribution in [2.75, 3.05) is 25.6 Å². The fraction of sp³-hybridized carbons (Fsp3) is 0.607. The number of ether oxygens (including phenoxy) is 2. The highest BCUT2D eigenvalue weighted by molar-refractivity contribution is 5.81. The average molecular weight is 551 g/mol. The molecule has 4 aromatic heterocycles. The summed E-state index contributed by atoms with van der Waals surface area (Å²) in [6.45, 7) is 7.32. The Morgan fingerprint density at radius 2 is 2.00 bits per heavy atom. The Morgan fingerprint density at radius 1 is 1.18 bits per heavy atom. The quantitative estimate of drug-likeness (QED) is 0.314. The van der Waals surface area contributed by atoms with Gasteiger partial charge in [-0.15, -0.1) is 15.3 Å². The summed E-state index contributed by atoms with van der Waals surface area (Å²) in [7, 11) is 1.68. The van der Waals surface area contributed by atoms with Gasteiger partial charge in [0.1, 0.15) is 11.6 Å². The van der Waals surface area contributed by atoms with Crippen molar-refractivity contribution in [1.82, 2.24) is 34.6 Å². The summed E-state index contributed by atoms with van der Waals surface area (Å²) in [6.07, 6.45) is 10.7. The molecule has 0 aromatic carbocycles. The molecule has 1 aliphatic heterocycles. The number of hydrogen-bond acceptors (Lipinski definition) is 10. The molecule has 1 aliphatic carbocycles. The lowest BCUT2D eigenvalue weighted by Gasteiger charge is -2.25. The highest BCUT2D eigenvalue weighted by Gasteiger charge is 2.33. The predicted molar refractivity (Wildman–Crippen MR) is 147 cm³/mol. The normalized spacial score (nSPS) is 22.7. The molecule has 0 radical (unpaired) electrons. The van der Waals surface area contributed by atoms with Gasteiger partial charge in [-0.1, -0.05) is 0 Å². The first kappa shape index (κ1) is 26.9. The van der Waals surface area contributed by atoms with Crippen molar-refractivity contribution in [3.05, 3.63) is 42.1 Å². The fourth-order valence-electron chi connectivity index (χ4n) is 5.74. The molecular weight excluding hydrogens is 512 g/mol. The summed E-state index contributed by atoms with van der Waals surface area (Å²) in [5, 5.41) is 31.6. The van der Waals surface area contributed by atoms with E-state index in [9.17, 15) is 5.11 Å². The van der Waals surface area contributed by atoms with Crippen LogP contribution in [0.2, 0.25) is 0 Å². The van der Waals surface area contributed by atoms with Crippen LogP contribution >= 0.6 is 0 Å². The molecule has 2 atom stereocenters. The van der Waals surface area contributed by atoms with Crippen molar-refractivity contribution in [2.45, 2.75) is 89.0 Å². The van der Waals surface area contributed by atoms with Crippen LogP contribution in [0.15, 0.2) is 29.1 Å². The highest BCUT2D eigenvalue weighted by Crippen LogP contribution is 2.38. The predicted octanol–water partition coefficient (Wildman–Crippen LogP) is 4.08. The molecule has 2 N–H and O–H groups in total. The van der Waals surface area contributed by atoms with Gasteiger partial charge in [0.15, 0.2) is 0 Å². The third-order valence-corrected chi connectivity index (χ3v) is 8.09. The van der Waals surface area contributed by atoms with Gasteiger partial charge in [-0.2, -0.15) is 5.10 Å². The molecule has 1 saturated heterocycles. The molecule has 2 aliphatic rings. The number of hydrogen-bond donors (Lipinski definition) is 2. The molecule has 0 spiro atoms. The zero-order chi connectivity index (χ0) is 27.9. The fourth-order valence-corrected chi connectivity index (χ4v) is 5.74. The van der Waals surface area contributed by atoms with E-state index < -0.39 is 5.54 Å². The second kappa shape index (κ2) is 10.9. The van der Waals surface area contributed by atoms with E-state index in [4.69, 9.17) is 24.1 Å². The van der Waals surface area contributed by atoms with E-state index in [2.05, 4.69) is 26.6 Å². The summed E-state index contributed by atoms with van der Waals surface area (Å²) in [5.74, 6) is 1.85. The molecule has 0 unspecified atom stereocenters. The van der Waals surface area contributed by atoms with Crippen molar-refractivity contribution < 1.29 is 19.0 Å². The minimum absolute atomic E-state index is 0.0664. The van der Waals surface area contributed by atoms with Crippen molar-refractivity contribution in [3.8, 4) is 11.1 Å². The maximum atomic E-state index is 10.1. The zero-order valence-corrected chi connectivity index (χ0v) is 23.6. The van der Waals surface area contributed by atoms with Gasteiger partial charge in [0.05, 0.1) is 30.6 Å². The molecule has 1 saturated carbocycles. The van der Waals surface area contributed by atoms with E-state index in [0.717, 1.165) is 67.5 Å². The van der Waals surface area contributed by atoms with Crippen LogP contribution in [0.4, 0.5) is 5.95 Å². The molecule has 6 rings (SSSR count). The molecule has 4 aromatic rings. The molecule has 0 bridgehead atoms. The molecular formula is C28H38N8O4. The summed E-state index contributed by atoms with van der Waals surface area (Å²) < 4.78 is 20.9. The third kappa shape index (κ3) is 5.11. The maximum absolute atomic E-state index is 10.1. The van der Waals surface area contributed by atoms with Gasteiger partial charge in [0.2, 0.25) is 17.7 Å². The van der Waals surface area contributed by atoms with Gasteiger partial charge in [-0.25, -0.2) is 9.50 Å². The largest absolute Gasteiger partial charge is 0.420 e. The Hall–Kier alpha value is -3.35. The van der Waals surface area contributed by atoms with Crippen LogP contribution in [0, 0.1) is 0 Å². The number of aliphatic hydroxyl groups excluding tert-OH is 1. The molecule has 0 amide bonds. The smallest absolute Gasteiger partial charge is 0.245 e. The van der Waals surface area contributed by atoms with E-state index in [1.807, 2.05) is 48.6 Å². The van der Waals surface area contributed by atoms with Gasteiger partial charge in [0, 0.05) is 48.7 Å². The molecule has 2 fully saturated rings. The van der Waals surface area contributed by atoms with Crippen LogP contribution in [0.5, 0.6) is 0 Å². The Labute approximate surface area is 233 Å². The first-order valence-corrected chi connectivity index (χ1v) is 14.2. The maximum Gasteiger partial charge on any atom is 0.245 e.